The third-order valence-corrected chi connectivity index (χ3v) is 3.01. The van der Waals surface area contributed by atoms with Crippen LogP contribution in [0.15, 0.2) is 0 Å². The predicted octanol–water partition coefficient (Wildman–Crippen LogP) is 1.50. The summed E-state index contributed by atoms with van der Waals surface area (Å²) in [5.74, 6) is 4.97. The van der Waals surface area contributed by atoms with Crippen molar-refractivity contribution in [2.75, 3.05) is 0 Å². The molecule has 0 bridgehead atoms. The summed E-state index contributed by atoms with van der Waals surface area (Å²) in [5, 5.41) is 0. The van der Waals surface area contributed by atoms with E-state index in [0.29, 0.717) is 0 Å². The van der Waals surface area contributed by atoms with Crippen LogP contribution in [-0.2, 0) is 0 Å². The second-order valence-electron chi connectivity index (χ2n) is 2.64. The molecule has 0 N–H and O–H groups in total. The van der Waals surface area contributed by atoms with E-state index in [1.165, 1.54) is 0 Å². The molecule has 1 heteroatoms. The second kappa shape index (κ2) is 3.05. The van der Waals surface area contributed by atoms with Crippen LogP contribution in [-0.4, -0.2) is 18.4 Å². The van der Waals surface area contributed by atoms with E-state index in [-0.39, 0.29) is 0 Å². The Morgan fingerprint density at radius 1 is 1.25 bits per heavy atom. The average Bonchev–Trinajstić information content (AvgIpc) is 1.59. The Labute approximate surface area is 55.5 Å². The summed E-state index contributed by atoms with van der Waals surface area (Å²) in [7, 11) is 0. The Balaban J connectivity index is 3.93. The van der Waals surface area contributed by atoms with E-state index in [9.17, 15) is 0 Å². The zero-order chi connectivity index (χ0) is 6.62. The Bertz CT molecular complexity index is 156. The van der Waals surface area contributed by atoms with Gasteiger partial charge in [-0.05, 0) is 0 Å². The van der Waals surface area contributed by atoms with E-state index >= 15 is 0 Å². The Hall–Kier alpha value is -0.0813. The van der Waals surface area contributed by atoms with E-state index in [1.54, 1.807) is 0 Å². The zero-order valence-corrected chi connectivity index (χ0v) is 8.43. The third kappa shape index (κ3) is 5.92. The maximum atomic E-state index is 4.95. The zero-order valence-electron chi connectivity index (χ0n) is 5.58. The molecule has 0 spiro atoms. The van der Waals surface area contributed by atoms with Gasteiger partial charge < -0.3 is 0 Å². The first kappa shape index (κ1) is 7.92. The molecule has 0 nitrogen and oxygen atoms in total. The molecule has 0 aromatic heterocycles. The van der Waals surface area contributed by atoms with Crippen LogP contribution in [0.1, 0.15) is 0 Å². The van der Waals surface area contributed by atoms with Crippen LogP contribution in [0.25, 0.3) is 0 Å². The monoisotopic (exact) mass is 214 g/mol. The minimum absolute atomic E-state index is 1.81. The van der Waals surface area contributed by atoms with E-state index in [4.69, 9.17) is 6.42 Å². The van der Waals surface area contributed by atoms with Crippen LogP contribution in [0.3, 0.4) is 0 Å². The van der Waals surface area contributed by atoms with Gasteiger partial charge in [-0.1, -0.05) is 0 Å². The predicted molar refractivity (Wildman–Crippen MR) is 40.0 cm³/mol. The van der Waals surface area contributed by atoms with Crippen LogP contribution >= 0.6 is 0 Å². The summed E-state index contributed by atoms with van der Waals surface area (Å²) >= 11 is -1.81. The summed E-state index contributed by atoms with van der Waals surface area (Å²) < 4.78 is 3.10. The normalized spacial score (nSPS) is 8.75. The van der Waals surface area contributed by atoms with Crippen LogP contribution < -0.4 is 0 Å². The van der Waals surface area contributed by atoms with Crippen molar-refractivity contribution in [2.45, 2.75) is 14.8 Å². The first-order chi connectivity index (χ1) is 3.56. The van der Waals surface area contributed by atoms with Gasteiger partial charge in [0.05, 0.1) is 0 Å². The Morgan fingerprint density at radius 3 is 1.88 bits per heavy atom. The number of hydrogen-bond donors (Lipinski definition) is 0. The average molecular weight is 213 g/mol. The number of rotatable bonds is 0. The number of terminal acetylenes is 1. The van der Waals surface area contributed by atoms with E-state index in [1.807, 2.05) is 0 Å². The summed E-state index contributed by atoms with van der Waals surface area (Å²) in [6.07, 6.45) is 4.95. The van der Waals surface area contributed by atoms with Gasteiger partial charge >= 0.3 is 55.4 Å². The molecule has 42 valence electrons. The van der Waals surface area contributed by atoms with Gasteiger partial charge in [-0.15, -0.1) is 0 Å². The van der Waals surface area contributed by atoms with Crippen LogP contribution in [0.5, 0.6) is 0 Å². The molecule has 0 aliphatic heterocycles. The molecule has 0 amide bonds. The molecule has 0 aromatic carbocycles. The van der Waals surface area contributed by atoms with Gasteiger partial charge in [0.25, 0.3) is 0 Å². The van der Waals surface area contributed by atoms with Crippen molar-refractivity contribution >= 4 is 18.4 Å². The van der Waals surface area contributed by atoms with Gasteiger partial charge in [0, 0.05) is 0 Å². The summed E-state index contributed by atoms with van der Waals surface area (Å²) in [6, 6.07) is 0. The molecule has 0 aromatic rings. The molecule has 0 atom stereocenters. The van der Waals surface area contributed by atoms with E-state index < -0.39 is 18.4 Å². The molecule has 0 aliphatic rings. The standard InChI is InChI=1S/C4H.3CH3.Sn/c1-3-4-2;;;;/h1H;3*1H3;. The number of hydrogen-bond acceptors (Lipinski definition) is 0. The molecule has 0 radical (unpaired) electrons. The van der Waals surface area contributed by atoms with Crippen molar-refractivity contribution in [3.05, 3.63) is 0 Å². The molecule has 0 aliphatic carbocycles. The fraction of sp³-hybridized carbons (Fsp3) is 0.429. The first-order valence-corrected chi connectivity index (χ1v) is 12.5. The van der Waals surface area contributed by atoms with Gasteiger partial charge in [0.15, 0.2) is 0 Å². The first-order valence-electron chi connectivity index (χ1n) is 2.54. The maximum absolute atomic E-state index is 4.95. The third-order valence-electron chi connectivity index (χ3n) is 0.510. The minimum atomic E-state index is -1.81. The Kier molecular flexibility index (Phi) is 3.02. The van der Waals surface area contributed by atoms with Crippen molar-refractivity contribution < 1.29 is 0 Å². The van der Waals surface area contributed by atoms with E-state index in [0.717, 1.165) is 0 Å². The molecule has 0 rings (SSSR count). The van der Waals surface area contributed by atoms with Crippen LogP contribution in [0, 0.1) is 22.2 Å². The van der Waals surface area contributed by atoms with Gasteiger partial charge in [-0.3, -0.25) is 0 Å². The summed E-state index contributed by atoms with van der Waals surface area (Å²) in [5.41, 5.74) is 0. The molecule has 0 unspecified atom stereocenters. The van der Waals surface area contributed by atoms with Gasteiger partial charge in [0.2, 0.25) is 0 Å². The van der Waals surface area contributed by atoms with Gasteiger partial charge in [-0.25, -0.2) is 0 Å². The summed E-state index contributed by atoms with van der Waals surface area (Å²) in [6.45, 7) is 0. The molecular formula is C7H10Sn. The molecule has 8 heavy (non-hydrogen) atoms. The molecule has 0 saturated carbocycles. The second-order valence-corrected chi connectivity index (χ2v) is 16.2. The van der Waals surface area contributed by atoms with Gasteiger partial charge in [0.1, 0.15) is 0 Å². The van der Waals surface area contributed by atoms with Crippen molar-refractivity contribution in [1.82, 2.24) is 0 Å². The van der Waals surface area contributed by atoms with Gasteiger partial charge in [-0.2, -0.15) is 0 Å². The molecule has 0 saturated heterocycles. The molecular weight excluding hydrogens is 203 g/mol. The molecule has 0 fully saturated rings. The topological polar surface area (TPSA) is 0 Å². The SMILES string of the molecule is C#CC#[C][Sn]([CH3])([CH3])[CH3]. The van der Waals surface area contributed by atoms with E-state index in [2.05, 4.69) is 30.6 Å². The van der Waals surface area contributed by atoms with Crippen molar-refractivity contribution in [3.63, 3.8) is 0 Å². The fourth-order valence-corrected chi connectivity index (χ4v) is 1.50. The van der Waals surface area contributed by atoms with Crippen LogP contribution in [0.4, 0.5) is 0 Å². The Morgan fingerprint density at radius 2 is 1.75 bits per heavy atom. The fourth-order valence-electron chi connectivity index (χ4n) is 0.224. The van der Waals surface area contributed by atoms with Crippen molar-refractivity contribution in [3.8, 4) is 22.2 Å². The quantitative estimate of drug-likeness (QED) is 0.422. The van der Waals surface area contributed by atoms with Crippen molar-refractivity contribution in [2.24, 2.45) is 0 Å². The summed E-state index contributed by atoms with van der Waals surface area (Å²) in [4.78, 5) is 6.71. The van der Waals surface area contributed by atoms with Crippen molar-refractivity contribution in [1.29, 1.82) is 0 Å². The molecule has 0 heterocycles. The van der Waals surface area contributed by atoms with Crippen LogP contribution in [0.2, 0.25) is 14.8 Å².